The number of carbonyl (C=O) groups excluding carboxylic acids is 1. The third kappa shape index (κ3) is 5.08. The molecule has 0 spiro atoms. The highest BCUT2D eigenvalue weighted by atomic mass is 79.9. The van der Waals surface area contributed by atoms with Crippen LogP contribution in [0.4, 0.5) is 0 Å². The Balaban J connectivity index is 1.60. The summed E-state index contributed by atoms with van der Waals surface area (Å²) in [5.41, 5.74) is 2.87. The van der Waals surface area contributed by atoms with E-state index in [2.05, 4.69) is 42.8 Å². The van der Waals surface area contributed by atoms with E-state index in [1.807, 2.05) is 54.6 Å². The van der Waals surface area contributed by atoms with E-state index in [1.165, 1.54) is 0 Å². The van der Waals surface area contributed by atoms with Crippen LogP contribution in [0.1, 0.15) is 21.5 Å². The Bertz CT molecular complexity index is 1190. The Morgan fingerprint density at radius 1 is 1.03 bits per heavy atom. The van der Waals surface area contributed by atoms with Gasteiger partial charge in [0.15, 0.2) is 15.6 Å². The maximum absolute atomic E-state index is 12.3. The smallest absolute Gasteiger partial charge is 0.253 e. The molecule has 8 heteroatoms. The normalized spacial score (nSPS) is 10.9. The molecule has 1 amide bonds. The van der Waals surface area contributed by atoms with E-state index in [0.29, 0.717) is 34.1 Å². The molecule has 0 saturated heterocycles. The summed E-state index contributed by atoms with van der Waals surface area (Å²) in [6.45, 7) is 0.628. The molecule has 4 rings (SSSR count). The van der Waals surface area contributed by atoms with Crippen molar-refractivity contribution in [2.24, 2.45) is 0 Å². The van der Waals surface area contributed by atoms with Gasteiger partial charge in [0.1, 0.15) is 0 Å². The number of hydrogen-bond acceptors (Lipinski definition) is 5. The van der Waals surface area contributed by atoms with Gasteiger partial charge in [-0.3, -0.25) is 9.36 Å². The second kappa shape index (κ2) is 9.53. The highest BCUT2D eigenvalue weighted by molar-refractivity contribution is 9.10. The summed E-state index contributed by atoms with van der Waals surface area (Å²) in [4.78, 5) is 13.8. The van der Waals surface area contributed by atoms with Gasteiger partial charge in [-0.2, -0.15) is 0 Å². The number of thioether (sulfide) groups is 1. The molecular formula is C23H21BrN4O2S. The minimum atomic E-state index is -0.00947. The van der Waals surface area contributed by atoms with Gasteiger partial charge in [0.05, 0.1) is 6.54 Å². The van der Waals surface area contributed by atoms with Gasteiger partial charge < -0.3 is 9.32 Å². The summed E-state index contributed by atoms with van der Waals surface area (Å²) in [5.74, 6) is 1.99. The van der Waals surface area contributed by atoms with Crippen LogP contribution in [0, 0.1) is 0 Å². The average Bonchev–Trinajstić information content (AvgIpc) is 3.38. The topological polar surface area (TPSA) is 64.2 Å². The van der Waals surface area contributed by atoms with E-state index >= 15 is 0 Å². The number of aromatic nitrogens is 3. The van der Waals surface area contributed by atoms with Crippen molar-refractivity contribution in [1.82, 2.24) is 19.7 Å². The van der Waals surface area contributed by atoms with Gasteiger partial charge in [-0.25, -0.2) is 0 Å². The number of carbonyl (C=O) groups is 1. The minimum Gasteiger partial charge on any atom is -0.446 e. The lowest BCUT2D eigenvalue weighted by Gasteiger charge is -2.12. The van der Waals surface area contributed by atoms with E-state index in [9.17, 15) is 4.79 Å². The molecule has 31 heavy (non-hydrogen) atoms. The first-order chi connectivity index (χ1) is 15.0. The predicted octanol–water partition coefficient (Wildman–Crippen LogP) is 5.34. The van der Waals surface area contributed by atoms with Gasteiger partial charge >= 0.3 is 0 Å². The number of furan rings is 1. The number of benzene rings is 2. The Morgan fingerprint density at radius 3 is 2.52 bits per heavy atom. The van der Waals surface area contributed by atoms with Crippen LogP contribution in [0.3, 0.4) is 0 Å². The first-order valence-electron chi connectivity index (χ1n) is 9.67. The molecule has 0 unspecified atom stereocenters. The van der Waals surface area contributed by atoms with Crippen LogP contribution in [-0.2, 0) is 12.3 Å². The van der Waals surface area contributed by atoms with Crippen LogP contribution in [0.25, 0.3) is 11.6 Å². The van der Waals surface area contributed by atoms with Crippen LogP contribution < -0.4 is 0 Å². The van der Waals surface area contributed by atoms with Crippen molar-refractivity contribution < 1.29 is 9.21 Å². The largest absolute Gasteiger partial charge is 0.446 e. The summed E-state index contributed by atoms with van der Waals surface area (Å²) >= 11 is 4.94. The molecule has 0 aliphatic heterocycles. The predicted molar refractivity (Wildman–Crippen MR) is 125 cm³/mol. The lowest BCUT2D eigenvalue weighted by molar-refractivity contribution is 0.0827. The van der Waals surface area contributed by atoms with Crippen molar-refractivity contribution in [3.63, 3.8) is 0 Å². The van der Waals surface area contributed by atoms with E-state index < -0.39 is 0 Å². The molecule has 0 radical (unpaired) electrons. The molecule has 4 aromatic rings. The molecule has 0 atom stereocenters. The molecule has 2 aromatic carbocycles. The molecule has 158 valence electrons. The number of halogens is 1. The van der Waals surface area contributed by atoms with Gasteiger partial charge in [-0.1, -0.05) is 54.2 Å². The van der Waals surface area contributed by atoms with E-state index in [1.54, 1.807) is 30.8 Å². The Morgan fingerprint density at radius 2 is 1.81 bits per heavy atom. The molecule has 0 aliphatic carbocycles. The summed E-state index contributed by atoms with van der Waals surface area (Å²) in [6.07, 6.45) is 0. The summed E-state index contributed by atoms with van der Waals surface area (Å²) in [6, 6.07) is 21.6. The molecule has 0 fully saturated rings. The first-order valence-corrected chi connectivity index (χ1v) is 11.5. The van der Waals surface area contributed by atoms with Gasteiger partial charge in [0.2, 0.25) is 5.82 Å². The van der Waals surface area contributed by atoms with Crippen LogP contribution >= 0.6 is 27.7 Å². The standard InChI is InChI=1S/C23H21BrN4O2S/c1-27(2)22(29)18-10-6-9-17(13-18)15-31-23-26-25-21(19-11-12-20(24)30-19)28(23)14-16-7-4-3-5-8-16/h3-13H,14-15H2,1-2H3. The van der Waals surface area contributed by atoms with E-state index in [-0.39, 0.29) is 5.91 Å². The Kier molecular flexibility index (Phi) is 6.58. The Labute approximate surface area is 193 Å². The van der Waals surface area contributed by atoms with Crippen molar-refractivity contribution in [2.45, 2.75) is 17.5 Å². The number of amides is 1. The fourth-order valence-corrected chi connectivity index (χ4v) is 4.31. The van der Waals surface area contributed by atoms with Crippen LogP contribution in [0.2, 0.25) is 0 Å². The second-order valence-electron chi connectivity index (χ2n) is 7.17. The molecule has 6 nitrogen and oxygen atoms in total. The minimum absolute atomic E-state index is 0.00947. The zero-order chi connectivity index (χ0) is 21.8. The van der Waals surface area contributed by atoms with Crippen LogP contribution in [0.5, 0.6) is 0 Å². The summed E-state index contributed by atoms with van der Waals surface area (Å²) in [5, 5.41) is 9.61. The highest BCUT2D eigenvalue weighted by Crippen LogP contribution is 2.29. The molecular weight excluding hydrogens is 476 g/mol. The lowest BCUT2D eigenvalue weighted by Crippen LogP contribution is -2.21. The van der Waals surface area contributed by atoms with Gasteiger partial charge in [0, 0.05) is 25.4 Å². The maximum atomic E-state index is 12.3. The quantitative estimate of drug-likeness (QED) is 0.323. The molecule has 0 N–H and O–H groups in total. The van der Waals surface area contributed by atoms with Crippen molar-refractivity contribution >= 4 is 33.6 Å². The second-order valence-corrected chi connectivity index (χ2v) is 8.89. The molecule has 0 aliphatic rings. The number of hydrogen-bond donors (Lipinski definition) is 0. The molecule has 0 bridgehead atoms. The SMILES string of the molecule is CN(C)C(=O)c1cccc(CSc2nnc(-c3ccc(Br)o3)n2Cc2ccccc2)c1. The average molecular weight is 497 g/mol. The third-order valence-electron chi connectivity index (χ3n) is 4.64. The first kappa shape index (κ1) is 21.4. The fourth-order valence-electron chi connectivity index (χ4n) is 3.12. The van der Waals surface area contributed by atoms with Crippen molar-refractivity contribution in [1.29, 1.82) is 0 Å². The van der Waals surface area contributed by atoms with Gasteiger partial charge in [-0.15, -0.1) is 10.2 Å². The fraction of sp³-hybridized carbons (Fsp3) is 0.174. The Hall–Kier alpha value is -2.84. The van der Waals surface area contributed by atoms with Crippen LogP contribution in [-0.4, -0.2) is 39.7 Å². The molecule has 2 aromatic heterocycles. The summed E-state index contributed by atoms with van der Waals surface area (Å²) < 4.78 is 8.43. The lowest BCUT2D eigenvalue weighted by atomic mass is 10.1. The van der Waals surface area contributed by atoms with E-state index in [4.69, 9.17) is 4.42 Å². The monoisotopic (exact) mass is 496 g/mol. The van der Waals surface area contributed by atoms with Crippen LogP contribution in [0.15, 0.2) is 81.0 Å². The zero-order valence-corrected chi connectivity index (χ0v) is 19.6. The maximum Gasteiger partial charge on any atom is 0.253 e. The third-order valence-corrected chi connectivity index (χ3v) is 6.11. The number of nitrogens with zero attached hydrogens (tertiary/aromatic N) is 4. The van der Waals surface area contributed by atoms with Crippen molar-refractivity contribution in [2.75, 3.05) is 14.1 Å². The molecule has 0 saturated carbocycles. The van der Waals surface area contributed by atoms with E-state index in [0.717, 1.165) is 16.3 Å². The molecule has 2 heterocycles. The summed E-state index contributed by atoms with van der Waals surface area (Å²) in [7, 11) is 3.51. The zero-order valence-electron chi connectivity index (χ0n) is 17.2. The van der Waals surface area contributed by atoms with Gasteiger partial charge in [-0.05, 0) is 51.3 Å². The highest BCUT2D eigenvalue weighted by Gasteiger charge is 2.18. The van der Waals surface area contributed by atoms with Crippen molar-refractivity contribution in [3.8, 4) is 11.6 Å². The number of rotatable bonds is 7. The van der Waals surface area contributed by atoms with Crippen molar-refractivity contribution in [3.05, 3.63) is 88.1 Å². The van der Waals surface area contributed by atoms with Gasteiger partial charge in [0.25, 0.3) is 5.91 Å².